The van der Waals surface area contributed by atoms with Crippen LogP contribution in [0.1, 0.15) is 33.1 Å². The molecule has 0 saturated heterocycles. The van der Waals surface area contributed by atoms with Crippen molar-refractivity contribution in [3.05, 3.63) is 11.1 Å². The summed E-state index contributed by atoms with van der Waals surface area (Å²) in [6, 6.07) is 0. The van der Waals surface area contributed by atoms with Crippen LogP contribution in [0.15, 0.2) is 16.2 Å². The molecule has 2 heteroatoms. The van der Waals surface area contributed by atoms with Crippen LogP contribution in [0.4, 0.5) is 0 Å². The minimum atomic E-state index is 1.16. The summed E-state index contributed by atoms with van der Waals surface area (Å²) in [5.74, 6) is 0. The third-order valence-electron chi connectivity index (χ3n) is 2.21. The van der Waals surface area contributed by atoms with Crippen LogP contribution >= 0.6 is 0 Å². The smallest absolute Gasteiger partial charge is 0.0603 e. The second-order valence-electron chi connectivity index (χ2n) is 3.03. The van der Waals surface area contributed by atoms with Gasteiger partial charge >= 0.3 is 0 Å². The summed E-state index contributed by atoms with van der Waals surface area (Å²) in [6.07, 6.45) is 3.77. The van der Waals surface area contributed by atoms with Crippen LogP contribution in [-0.2, 0) is 0 Å². The highest BCUT2D eigenvalue weighted by Gasteiger charge is 2.12. The quantitative estimate of drug-likeness (QED) is 0.475. The van der Waals surface area contributed by atoms with Gasteiger partial charge in [0.1, 0.15) is 0 Å². The van der Waals surface area contributed by atoms with Gasteiger partial charge in [-0.3, -0.25) is 0 Å². The average molecular weight is 152 g/mol. The minimum Gasteiger partial charge on any atom is -0.313 e. The Morgan fingerprint density at radius 2 is 2.18 bits per heavy atom. The molecule has 1 aliphatic rings. The van der Waals surface area contributed by atoms with Crippen LogP contribution in [0, 0.1) is 0 Å². The molecule has 0 aliphatic heterocycles. The van der Waals surface area contributed by atoms with Crippen LogP contribution in [0.5, 0.6) is 0 Å². The van der Waals surface area contributed by atoms with E-state index in [9.17, 15) is 0 Å². The Hall–Kier alpha value is -0.790. The van der Waals surface area contributed by atoms with Crippen molar-refractivity contribution in [1.82, 2.24) is 5.43 Å². The zero-order chi connectivity index (χ0) is 8.27. The van der Waals surface area contributed by atoms with E-state index in [0.29, 0.717) is 0 Å². The second-order valence-corrected chi connectivity index (χ2v) is 3.03. The van der Waals surface area contributed by atoms with Crippen LogP contribution in [0.3, 0.4) is 0 Å². The third-order valence-corrected chi connectivity index (χ3v) is 2.21. The van der Waals surface area contributed by atoms with Gasteiger partial charge in [0.15, 0.2) is 0 Å². The number of hydrogen-bond donors (Lipinski definition) is 1. The van der Waals surface area contributed by atoms with Gasteiger partial charge in [-0.2, -0.15) is 5.10 Å². The molecule has 62 valence electrons. The molecule has 2 nitrogen and oxygen atoms in total. The molecule has 1 N–H and O–H groups in total. The first-order chi connectivity index (χ1) is 5.25. The zero-order valence-corrected chi connectivity index (χ0v) is 7.57. The second kappa shape index (κ2) is 3.56. The Morgan fingerprint density at radius 1 is 1.45 bits per heavy atom. The van der Waals surface area contributed by atoms with E-state index in [1.807, 2.05) is 7.05 Å². The summed E-state index contributed by atoms with van der Waals surface area (Å²) in [4.78, 5) is 0. The third kappa shape index (κ3) is 1.82. The highest BCUT2D eigenvalue weighted by molar-refractivity contribution is 5.99. The molecule has 0 atom stereocenters. The molecule has 1 aliphatic carbocycles. The molecule has 11 heavy (non-hydrogen) atoms. The monoisotopic (exact) mass is 152 g/mol. The highest BCUT2D eigenvalue weighted by atomic mass is 15.3. The van der Waals surface area contributed by atoms with Crippen molar-refractivity contribution in [3.63, 3.8) is 0 Å². The maximum atomic E-state index is 4.17. The molecule has 0 aromatic carbocycles. The van der Waals surface area contributed by atoms with Crippen molar-refractivity contribution in [2.24, 2.45) is 5.10 Å². The Bertz CT molecular complexity index is 202. The highest BCUT2D eigenvalue weighted by Crippen LogP contribution is 2.26. The maximum Gasteiger partial charge on any atom is 0.0603 e. The summed E-state index contributed by atoms with van der Waals surface area (Å²) < 4.78 is 0. The van der Waals surface area contributed by atoms with Gasteiger partial charge < -0.3 is 5.43 Å². The molecule has 0 spiro atoms. The van der Waals surface area contributed by atoms with Gasteiger partial charge in [-0.05, 0) is 38.7 Å². The molecule has 0 fully saturated rings. The lowest BCUT2D eigenvalue weighted by atomic mass is 10.1. The lowest BCUT2D eigenvalue weighted by molar-refractivity contribution is 0.884. The van der Waals surface area contributed by atoms with E-state index in [1.165, 1.54) is 30.4 Å². The van der Waals surface area contributed by atoms with Crippen molar-refractivity contribution in [3.8, 4) is 0 Å². The molecule has 0 amide bonds. The molecule has 0 heterocycles. The van der Waals surface area contributed by atoms with E-state index in [-0.39, 0.29) is 0 Å². The van der Waals surface area contributed by atoms with E-state index in [2.05, 4.69) is 24.4 Å². The van der Waals surface area contributed by atoms with Crippen molar-refractivity contribution in [2.45, 2.75) is 33.1 Å². The fraction of sp³-hybridized carbons (Fsp3) is 0.667. The largest absolute Gasteiger partial charge is 0.313 e. The predicted octanol–water partition coefficient (Wildman–Crippen LogP) is 2.08. The number of rotatable bonds is 2. The fourth-order valence-corrected chi connectivity index (χ4v) is 1.62. The summed E-state index contributed by atoms with van der Waals surface area (Å²) in [6.45, 7) is 4.28. The molecule has 0 radical (unpaired) electrons. The number of hydrogen-bond acceptors (Lipinski definition) is 2. The summed E-state index contributed by atoms with van der Waals surface area (Å²) in [5, 5.41) is 4.17. The Kier molecular flexibility index (Phi) is 2.69. The van der Waals surface area contributed by atoms with Crippen molar-refractivity contribution >= 4 is 5.71 Å². The molecule has 0 aromatic rings. The predicted molar refractivity (Wildman–Crippen MR) is 48.7 cm³/mol. The van der Waals surface area contributed by atoms with Crippen LogP contribution in [0.2, 0.25) is 0 Å². The van der Waals surface area contributed by atoms with Gasteiger partial charge in [0.2, 0.25) is 0 Å². The lowest BCUT2D eigenvalue weighted by Crippen LogP contribution is -2.04. The van der Waals surface area contributed by atoms with Gasteiger partial charge in [0, 0.05) is 7.05 Å². The van der Waals surface area contributed by atoms with Crippen molar-refractivity contribution in [1.29, 1.82) is 0 Å². The summed E-state index contributed by atoms with van der Waals surface area (Å²) >= 11 is 0. The standard InChI is InChI=1S/C9H16N2/c1-7-5-4-6-9(7)8(2)11-10-3/h10H,4-6H2,1-3H3/b11-8-. The number of nitrogens with one attached hydrogen (secondary N) is 1. The number of hydrazone groups is 1. The molecule has 0 bridgehead atoms. The van der Waals surface area contributed by atoms with Crippen LogP contribution in [-0.4, -0.2) is 12.8 Å². The topological polar surface area (TPSA) is 24.4 Å². The SMILES string of the molecule is CN/N=C(/C)C1=C(C)CCC1. The summed E-state index contributed by atoms with van der Waals surface area (Å²) in [5.41, 5.74) is 6.95. The van der Waals surface area contributed by atoms with E-state index in [1.54, 1.807) is 0 Å². The molecule has 0 aromatic heterocycles. The number of nitrogens with zero attached hydrogens (tertiary/aromatic N) is 1. The van der Waals surface area contributed by atoms with Crippen LogP contribution in [0.25, 0.3) is 0 Å². The van der Waals surface area contributed by atoms with Crippen molar-refractivity contribution in [2.75, 3.05) is 7.05 Å². The van der Waals surface area contributed by atoms with Crippen LogP contribution < -0.4 is 5.43 Å². The van der Waals surface area contributed by atoms with Gasteiger partial charge in [-0.25, -0.2) is 0 Å². The Morgan fingerprint density at radius 3 is 2.64 bits per heavy atom. The first-order valence-electron chi connectivity index (χ1n) is 4.15. The van der Waals surface area contributed by atoms with Gasteiger partial charge in [-0.15, -0.1) is 0 Å². The molecular formula is C9H16N2. The molecule has 0 unspecified atom stereocenters. The van der Waals surface area contributed by atoms with E-state index in [4.69, 9.17) is 0 Å². The zero-order valence-electron chi connectivity index (χ0n) is 7.57. The molecule has 1 rings (SSSR count). The van der Waals surface area contributed by atoms with Gasteiger partial charge in [0.25, 0.3) is 0 Å². The first kappa shape index (κ1) is 8.31. The molecular weight excluding hydrogens is 136 g/mol. The molecule has 0 saturated carbocycles. The van der Waals surface area contributed by atoms with Gasteiger partial charge in [-0.1, -0.05) is 5.57 Å². The minimum absolute atomic E-state index is 1.16. The normalized spacial score (nSPS) is 19.4. The lowest BCUT2D eigenvalue weighted by Gasteiger charge is -2.01. The van der Waals surface area contributed by atoms with E-state index >= 15 is 0 Å². The fourth-order valence-electron chi connectivity index (χ4n) is 1.62. The number of allylic oxidation sites excluding steroid dienone is 2. The average Bonchev–Trinajstić information content (AvgIpc) is 2.36. The Balaban J connectivity index is 2.73. The van der Waals surface area contributed by atoms with Gasteiger partial charge in [0.05, 0.1) is 5.71 Å². The maximum absolute atomic E-state index is 4.17. The van der Waals surface area contributed by atoms with E-state index < -0.39 is 0 Å². The Labute approximate surface area is 68.4 Å². The summed E-state index contributed by atoms with van der Waals surface area (Å²) in [7, 11) is 1.84. The first-order valence-corrected chi connectivity index (χ1v) is 4.15. The van der Waals surface area contributed by atoms with Crippen molar-refractivity contribution < 1.29 is 0 Å². The van der Waals surface area contributed by atoms with E-state index in [0.717, 1.165) is 5.71 Å².